The lowest BCUT2D eigenvalue weighted by atomic mass is 10.0. The van der Waals surface area contributed by atoms with Crippen molar-refractivity contribution in [1.82, 2.24) is 9.80 Å². The number of methoxy groups -OCH3 is 1. The van der Waals surface area contributed by atoms with Crippen LogP contribution in [0.4, 0.5) is 0 Å². The average molecular weight is 242 g/mol. The Balaban J connectivity index is 2.65. The van der Waals surface area contributed by atoms with Gasteiger partial charge in [-0.05, 0) is 13.3 Å². The second kappa shape index (κ2) is 6.00. The number of rotatable bonds is 3. The summed E-state index contributed by atoms with van der Waals surface area (Å²) in [5.41, 5.74) is 0. The summed E-state index contributed by atoms with van der Waals surface area (Å²) in [6.07, 6.45) is 0.945. The summed E-state index contributed by atoms with van der Waals surface area (Å²) in [6.45, 7) is 5.84. The molecule has 2 unspecified atom stereocenters. The first-order chi connectivity index (χ1) is 7.97. The van der Waals surface area contributed by atoms with E-state index in [0.717, 1.165) is 19.5 Å². The van der Waals surface area contributed by atoms with Gasteiger partial charge in [-0.3, -0.25) is 14.5 Å². The first-order valence-electron chi connectivity index (χ1n) is 6.03. The second-order valence-corrected chi connectivity index (χ2v) is 4.69. The SMILES string of the molecule is COC(=O)C(C)C(C)N1CCCN(C)C(=O)C1. The van der Waals surface area contributed by atoms with Crippen LogP contribution < -0.4 is 0 Å². The fourth-order valence-electron chi connectivity index (χ4n) is 2.06. The highest BCUT2D eigenvalue weighted by molar-refractivity contribution is 5.78. The molecule has 17 heavy (non-hydrogen) atoms. The third-order valence-corrected chi connectivity index (χ3v) is 3.58. The molecular formula is C12H22N2O3. The molecule has 0 aromatic heterocycles. The van der Waals surface area contributed by atoms with E-state index in [0.29, 0.717) is 6.54 Å². The van der Waals surface area contributed by atoms with E-state index in [9.17, 15) is 9.59 Å². The van der Waals surface area contributed by atoms with Gasteiger partial charge in [-0.2, -0.15) is 0 Å². The van der Waals surface area contributed by atoms with Crippen LogP contribution in [-0.2, 0) is 14.3 Å². The first-order valence-corrected chi connectivity index (χ1v) is 6.03. The molecule has 1 aliphatic heterocycles. The third-order valence-electron chi connectivity index (χ3n) is 3.58. The predicted molar refractivity (Wildman–Crippen MR) is 64.5 cm³/mol. The molecule has 1 heterocycles. The van der Waals surface area contributed by atoms with Gasteiger partial charge in [0, 0.05) is 26.2 Å². The Morgan fingerprint density at radius 1 is 1.35 bits per heavy atom. The predicted octanol–water partition coefficient (Wildman–Crippen LogP) is 0.348. The Morgan fingerprint density at radius 3 is 2.59 bits per heavy atom. The van der Waals surface area contributed by atoms with Gasteiger partial charge in [0.15, 0.2) is 0 Å². The van der Waals surface area contributed by atoms with E-state index in [1.807, 2.05) is 20.9 Å². The third kappa shape index (κ3) is 3.43. The number of carbonyl (C=O) groups excluding carboxylic acids is 2. The van der Waals surface area contributed by atoms with Gasteiger partial charge in [0.05, 0.1) is 19.6 Å². The van der Waals surface area contributed by atoms with Crippen LogP contribution in [0.1, 0.15) is 20.3 Å². The van der Waals surface area contributed by atoms with Crippen LogP contribution in [0.5, 0.6) is 0 Å². The van der Waals surface area contributed by atoms with Gasteiger partial charge in [-0.1, -0.05) is 6.92 Å². The number of carbonyl (C=O) groups is 2. The Morgan fingerprint density at radius 2 is 2.00 bits per heavy atom. The molecule has 0 N–H and O–H groups in total. The number of nitrogens with zero attached hydrogens (tertiary/aromatic N) is 2. The standard InChI is InChI=1S/C12H22N2O3/c1-9(12(16)17-4)10(2)14-7-5-6-13(3)11(15)8-14/h9-10H,5-8H2,1-4H3. The van der Waals surface area contributed by atoms with Gasteiger partial charge >= 0.3 is 5.97 Å². The van der Waals surface area contributed by atoms with E-state index in [1.165, 1.54) is 7.11 Å². The zero-order chi connectivity index (χ0) is 13.0. The van der Waals surface area contributed by atoms with E-state index in [2.05, 4.69) is 4.90 Å². The maximum Gasteiger partial charge on any atom is 0.309 e. The Kier molecular flexibility index (Phi) is 4.93. The maximum atomic E-state index is 11.8. The van der Waals surface area contributed by atoms with Crippen LogP contribution in [0.3, 0.4) is 0 Å². The van der Waals surface area contributed by atoms with E-state index in [4.69, 9.17) is 4.74 Å². The molecule has 0 aromatic rings. The van der Waals surface area contributed by atoms with Crippen molar-refractivity contribution in [2.75, 3.05) is 33.8 Å². The Labute approximate surface area is 103 Å². The number of hydrogen-bond acceptors (Lipinski definition) is 4. The van der Waals surface area contributed by atoms with Crippen LogP contribution in [0.2, 0.25) is 0 Å². The summed E-state index contributed by atoms with van der Waals surface area (Å²) in [4.78, 5) is 27.1. The van der Waals surface area contributed by atoms with Crippen molar-refractivity contribution in [3.63, 3.8) is 0 Å². The zero-order valence-corrected chi connectivity index (χ0v) is 11.1. The summed E-state index contributed by atoms with van der Waals surface area (Å²) < 4.78 is 4.74. The summed E-state index contributed by atoms with van der Waals surface area (Å²) in [5.74, 6) is -0.315. The van der Waals surface area contributed by atoms with Gasteiger partial charge in [0.25, 0.3) is 0 Å². The number of ether oxygens (including phenoxy) is 1. The molecule has 0 aliphatic carbocycles. The quantitative estimate of drug-likeness (QED) is 0.670. The largest absolute Gasteiger partial charge is 0.469 e. The van der Waals surface area contributed by atoms with E-state index in [1.54, 1.807) is 4.90 Å². The van der Waals surface area contributed by atoms with Crippen molar-refractivity contribution >= 4 is 11.9 Å². The minimum atomic E-state index is -0.220. The number of amides is 1. The number of likely N-dealkylation sites (N-methyl/N-ethyl adjacent to an activating group) is 1. The normalized spacial score (nSPS) is 21.9. The molecule has 0 aromatic carbocycles. The van der Waals surface area contributed by atoms with Crippen LogP contribution in [0.25, 0.3) is 0 Å². The van der Waals surface area contributed by atoms with Crippen molar-refractivity contribution < 1.29 is 14.3 Å². The second-order valence-electron chi connectivity index (χ2n) is 4.69. The molecule has 0 saturated carbocycles. The van der Waals surface area contributed by atoms with Crippen molar-refractivity contribution in [3.8, 4) is 0 Å². The zero-order valence-electron chi connectivity index (χ0n) is 11.1. The maximum absolute atomic E-state index is 11.8. The summed E-state index contributed by atoms with van der Waals surface area (Å²) >= 11 is 0. The lowest BCUT2D eigenvalue weighted by Crippen LogP contribution is -2.44. The van der Waals surface area contributed by atoms with Gasteiger partial charge in [0.1, 0.15) is 0 Å². The van der Waals surface area contributed by atoms with Crippen molar-refractivity contribution in [1.29, 1.82) is 0 Å². The van der Waals surface area contributed by atoms with Crippen molar-refractivity contribution in [2.24, 2.45) is 5.92 Å². The molecule has 98 valence electrons. The summed E-state index contributed by atoms with van der Waals surface area (Å²) in [5, 5.41) is 0. The smallest absolute Gasteiger partial charge is 0.309 e. The minimum Gasteiger partial charge on any atom is -0.469 e. The molecule has 1 aliphatic rings. The molecule has 1 saturated heterocycles. The molecule has 0 bridgehead atoms. The van der Waals surface area contributed by atoms with Crippen LogP contribution >= 0.6 is 0 Å². The van der Waals surface area contributed by atoms with Gasteiger partial charge in [0.2, 0.25) is 5.91 Å². The number of hydrogen-bond donors (Lipinski definition) is 0. The highest BCUT2D eigenvalue weighted by Gasteiger charge is 2.29. The first kappa shape index (κ1) is 14.0. The van der Waals surface area contributed by atoms with E-state index < -0.39 is 0 Å². The Hall–Kier alpha value is -1.10. The molecule has 5 heteroatoms. The average Bonchev–Trinajstić information content (AvgIpc) is 2.49. The molecule has 5 nitrogen and oxygen atoms in total. The fraction of sp³-hybridized carbons (Fsp3) is 0.833. The summed E-state index contributed by atoms with van der Waals surface area (Å²) in [7, 11) is 3.22. The molecule has 1 rings (SSSR count). The van der Waals surface area contributed by atoms with Crippen molar-refractivity contribution in [2.45, 2.75) is 26.3 Å². The molecule has 0 spiro atoms. The minimum absolute atomic E-state index is 0.0258. The van der Waals surface area contributed by atoms with E-state index in [-0.39, 0.29) is 23.8 Å². The molecule has 2 atom stereocenters. The van der Waals surface area contributed by atoms with Crippen molar-refractivity contribution in [3.05, 3.63) is 0 Å². The molecule has 1 fully saturated rings. The fourth-order valence-corrected chi connectivity index (χ4v) is 2.06. The lowest BCUT2D eigenvalue weighted by Gasteiger charge is -2.30. The summed E-state index contributed by atoms with van der Waals surface area (Å²) in [6, 6.07) is 0.0258. The lowest BCUT2D eigenvalue weighted by molar-refractivity contribution is -0.147. The monoisotopic (exact) mass is 242 g/mol. The van der Waals surface area contributed by atoms with Gasteiger partial charge in [-0.15, -0.1) is 0 Å². The van der Waals surface area contributed by atoms with Crippen LogP contribution in [0, 0.1) is 5.92 Å². The highest BCUT2D eigenvalue weighted by atomic mass is 16.5. The molecule has 1 amide bonds. The highest BCUT2D eigenvalue weighted by Crippen LogP contribution is 2.15. The van der Waals surface area contributed by atoms with Gasteiger partial charge in [-0.25, -0.2) is 0 Å². The van der Waals surface area contributed by atoms with Crippen LogP contribution in [0.15, 0.2) is 0 Å². The number of esters is 1. The van der Waals surface area contributed by atoms with Gasteiger partial charge < -0.3 is 9.64 Å². The Bertz CT molecular complexity index is 293. The van der Waals surface area contributed by atoms with Crippen LogP contribution in [-0.4, -0.2) is 61.5 Å². The van der Waals surface area contributed by atoms with E-state index >= 15 is 0 Å². The molecule has 0 radical (unpaired) electrons. The topological polar surface area (TPSA) is 49.9 Å². The molecular weight excluding hydrogens is 220 g/mol.